The molecule has 0 amide bonds. The normalized spacial score (nSPS) is 10.4. The summed E-state index contributed by atoms with van der Waals surface area (Å²) in [5.41, 5.74) is 1.06. The minimum absolute atomic E-state index is 0.0124. The summed E-state index contributed by atoms with van der Waals surface area (Å²) in [6.07, 6.45) is 1.51. The van der Waals surface area contributed by atoms with Crippen molar-refractivity contribution in [1.82, 2.24) is 4.98 Å². The SMILES string of the molecule is O=[N+]([O-])c1cc[nH]c1-c1ccc(Cl)c(Cl)c1. The van der Waals surface area contributed by atoms with Gasteiger partial charge >= 0.3 is 0 Å². The van der Waals surface area contributed by atoms with Crippen molar-refractivity contribution in [3.05, 3.63) is 50.6 Å². The fourth-order valence-corrected chi connectivity index (χ4v) is 1.69. The topological polar surface area (TPSA) is 58.9 Å². The zero-order chi connectivity index (χ0) is 11.7. The van der Waals surface area contributed by atoms with Gasteiger partial charge in [-0.25, -0.2) is 0 Å². The Morgan fingerprint density at radius 1 is 1.19 bits per heavy atom. The van der Waals surface area contributed by atoms with Crippen LogP contribution in [0.3, 0.4) is 0 Å². The number of benzene rings is 1. The van der Waals surface area contributed by atoms with Gasteiger partial charge in [0.2, 0.25) is 0 Å². The van der Waals surface area contributed by atoms with Gasteiger partial charge in [0, 0.05) is 17.8 Å². The number of aromatic nitrogens is 1. The monoisotopic (exact) mass is 256 g/mol. The molecule has 82 valence electrons. The van der Waals surface area contributed by atoms with E-state index in [0.717, 1.165) is 0 Å². The first-order valence-electron chi connectivity index (χ1n) is 4.37. The molecule has 4 nitrogen and oxygen atoms in total. The molecule has 0 aliphatic carbocycles. The summed E-state index contributed by atoms with van der Waals surface area (Å²) in [5.74, 6) is 0. The number of rotatable bonds is 2. The predicted octanol–water partition coefficient (Wildman–Crippen LogP) is 3.90. The maximum Gasteiger partial charge on any atom is 0.294 e. The molecule has 0 saturated heterocycles. The molecule has 16 heavy (non-hydrogen) atoms. The van der Waals surface area contributed by atoms with E-state index in [-0.39, 0.29) is 5.69 Å². The minimum Gasteiger partial charge on any atom is -0.355 e. The van der Waals surface area contributed by atoms with E-state index in [9.17, 15) is 10.1 Å². The third-order valence-corrected chi connectivity index (χ3v) is 2.87. The lowest BCUT2D eigenvalue weighted by atomic mass is 10.1. The lowest BCUT2D eigenvalue weighted by Gasteiger charge is -2.00. The maximum absolute atomic E-state index is 10.7. The third kappa shape index (κ3) is 1.89. The molecule has 0 saturated carbocycles. The molecule has 0 unspecified atom stereocenters. The first kappa shape index (κ1) is 11.0. The first-order valence-corrected chi connectivity index (χ1v) is 5.12. The summed E-state index contributed by atoms with van der Waals surface area (Å²) in [4.78, 5) is 13.1. The van der Waals surface area contributed by atoms with Crippen LogP contribution in [-0.4, -0.2) is 9.91 Å². The zero-order valence-corrected chi connectivity index (χ0v) is 9.42. The number of nitro groups is 1. The molecule has 2 rings (SSSR count). The Bertz CT molecular complexity index is 552. The highest BCUT2D eigenvalue weighted by Crippen LogP contribution is 2.32. The summed E-state index contributed by atoms with van der Waals surface area (Å²) in [6, 6.07) is 6.26. The molecule has 1 aromatic heterocycles. The molecule has 0 bridgehead atoms. The molecule has 0 atom stereocenters. The molecule has 2 aromatic rings. The van der Waals surface area contributed by atoms with Gasteiger partial charge in [-0.05, 0) is 12.1 Å². The second-order valence-corrected chi connectivity index (χ2v) is 3.94. The summed E-state index contributed by atoms with van der Waals surface area (Å²) in [5, 5.41) is 11.5. The summed E-state index contributed by atoms with van der Waals surface area (Å²) in [7, 11) is 0. The quantitative estimate of drug-likeness (QED) is 0.655. The van der Waals surface area contributed by atoms with Gasteiger partial charge in [0.25, 0.3) is 5.69 Å². The van der Waals surface area contributed by atoms with Crippen LogP contribution in [0.15, 0.2) is 30.5 Å². The van der Waals surface area contributed by atoms with Crippen LogP contribution in [-0.2, 0) is 0 Å². The number of aromatic amines is 1. The van der Waals surface area contributed by atoms with E-state index < -0.39 is 4.92 Å². The number of nitrogens with zero attached hydrogens (tertiary/aromatic N) is 1. The number of nitrogens with one attached hydrogen (secondary N) is 1. The van der Waals surface area contributed by atoms with Crippen LogP contribution in [0.5, 0.6) is 0 Å². The molecule has 0 radical (unpaired) electrons. The van der Waals surface area contributed by atoms with Crippen LogP contribution in [0.25, 0.3) is 11.3 Å². The Labute approximate surface area is 101 Å². The lowest BCUT2D eigenvalue weighted by Crippen LogP contribution is -1.89. The Hall–Kier alpha value is -1.52. The van der Waals surface area contributed by atoms with Crippen LogP contribution in [0.1, 0.15) is 0 Å². The fraction of sp³-hybridized carbons (Fsp3) is 0. The standard InChI is InChI=1S/C10H6Cl2N2O2/c11-7-2-1-6(5-8(7)12)10-9(14(15)16)3-4-13-10/h1-5,13H. The van der Waals surface area contributed by atoms with E-state index in [0.29, 0.717) is 21.3 Å². The smallest absolute Gasteiger partial charge is 0.294 e. The van der Waals surface area contributed by atoms with Gasteiger partial charge in [0.05, 0.1) is 15.0 Å². The zero-order valence-electron chi connectivity index (χ0n) is 7.91. The van der Waals surface area contributed by atoms with Gasteiger partial charge in [-0.2, -0.15) is 0 Å². The average Bonchev–Trinajstić information content (AvgIpc) is 2.71. The second kappa shape index (κ2) is 4.15. The van der Waals surface area contributed by atoms with Crippen LogP contribution >= 0.6 is 23.2 Å². The molecular formula is C10H6Cl2N2O2. The molecule has 0 fully saturated rings. The van der Waals surface area contributed by atoms with Gasteiger partial charge in [-0.3, -0.25) is 10.1 Å². The van der Waals surface area contributed by atoms with Crippen LogP contribution < -0.4 is 0 Å². The van der Waals surface area contributed by atoms with Crippen molar-refractivity contribution >= 4 is 28.9 Å². The van der Waals surface area contributed by atoms with Gasteiger partial charge in [0.15, 0.2) is 0 Å². The van der Waals surface area contributed by atoms with Crippen molar-refractivity contribution in [1.29, 1.82) is 0 Å². The molecular weight excluding hydrogens is 251 g/mol. The Morgan fingerprint density at radius 2 is 1.94 bits per heavy atom. The number of hydrogen-bond acceptors (Lipinski definition) is 2. The fourth-order valence-electron chi connectivity index (χ4n) is 1.40. The van der Waals surface area contributed by atoms with Gasteiger partial charge in [-0.15, -0.1) is 0 Å². The van der Waals surface area contributed by atoms with Crippen molar-refractivity contribution in [2.75, 3.05) is 0 Å². The highest BCUT2D eigenvalue weighted by Gasteiger charge is 2.16. The van der Waals surface area contributed by atoms with E-state index in [1.54, 1.807) is 18.2 Å². The van der Waals surface area contributed by atoms with Crippen molar-refractivity contribution in [3.63, 3.8) is 0 Å². The van der Waals surface area contributed by atoms with Crippen molar-refractivity contribution in [2.45, 2.75) is 0 Å². The summed E-state index contributed by atoms with van der Waals surface area (Å²) in [6.45, 7) is 0. The van der Waals surface area contributed by atoms with Gasteiger partial charge in [-0.1, -0.05) is 29.3 Å². The predicted molar refractivity (Wildman–Crippen MR) is 62.9 cm³/mol. The van der Waals surface area contributed by atoms with E-state index >= 15 is 0 Å². The van der Waals surface area contributed by atoms with E-state index in [4.69, 9.17) is 23.2 Å². The van der Waals surface area contributed by atoms with Crippen molar-refractivity contribution in [3.8, 4) is 11.3 Å². The van der Waals surface area contributed by atoms with Gasteiger partial charge < -0.3 is 4.98 Å². The molecule has 6 heteroatoms. The molecule has 0 spiro atoms. The highest BCUT2D eigenvalue weighted by molar-refractivity contribution is 6.42. The Kier molecular flexibility index (Phi) is 2.85. The molecule has 0 aliphatic rings. The molecule has 1 N–H and O–H groups in total. The summed E-state index contributed by atoms with van der Waals surface area (Å²) < 4.78 is 0. The Balaban J connectivity index is 2.54. The largest absolute Gasteiger partial charge is 0.355 e. The molecule has 0 aliphatic heterocycles. The van der Waals surface area contributed by atoms with E-state index in [2.05, 4.69) is 4.98 Å². The third-order valence-electron chi connectivity index (χ3n) is 2.13. The molecule has 1 heterocycles. The average molecular weight is 257 g/mol. The van der Waals surface area contributed by atoms with Gasteiger partial charge in [0.1, 0.15) is 5.69 Å². The highest BCUT2D eigenvalue weighted by atomic mass is 35.5. The lowest BCUT2D eigenvalue weighted by molar-refractivity contribution is -0.384. The maximum atomic E-state index is 10.7. The number of hydrogen-bond donors (Lipinski definition) is 1. The minimum atomic E-state index is -0.450. The number of H-pyrrole nitrogens is 1. The summed E-state index contributed by atoms with van der Waals surface area (Å²) >= 11 is 11.6. The van der Waals surface area contributed by atoms with Crippen LogP contribution in [0.2, 0.25) is 10.0 Å². The number of halogens is 2. The second-order valence-electron chi connectivity index (χ2n) is 3.12. The Morgan fingerprint density at radius 3 is 2.56 bits per heavy atom. The van der Waals surface area contributed by atoms with Crippen LogP contribution in [0.4, 0.5) is 5.69 Å². The van der Waals surface area contributed by atoms with Crippen molar-refractivity contribution in [2.24, 2.45) is 0 Å². The first-order chi connectivity index (χ1) is 7.59. The molecule has 1 aromatic carbocycles. The van der Waals surface area contributed by atoms with E-state index in [1.807, 2.05) is 0 Å². The van der Waals surface area contributed by atoms with Crippen LogP contribution in [0, 0.1) is 10.1 Å². The van der Waals surface area contributed by atoms with Crippen molar-refractivity contribution < 1.29 is 4.92 Å². The van der Waals surface area contributed by atoms with E-state index in [1.165, 1.54) is 12.3 Å².